The summed E-state index contributed by atoms with van der Waals surface area (Å²) in [6, 6.07) is 12.0. The number of ketones is 1. The Morgan fingerprint density at radius 2 is 1.61 bits per heavy atom. The van der Waals surface area contributed by atoms with E-state index in [4.69, 9.17) is 9.47 Å². The smallest absolute Gasteiger partial charge is 0.412 e. The van der Waals surface area contributed by atoms with Crippen LogP contribution < -0.4 is 5.32 Å². The van der Waals surface area contributed by atoms with E-state index in [1.54, 1.807) is 46.2 Å². The fraction of sp³-hybridized carbons (Fsp3) is 0.357. The third-order valence-corrected chi connectivity index (χ3v) is 5.46. The topological polar surface area (TPSA) is 104 Å². The van der Waals surface area contributed by atoms with Crippen LogP contribution in [0.2, 0.25) is 0 Å². The lowest BCUT2D eigenvalue weighted by molar-refractivity contribution is -0.145. The predicted molar refractivity (Wildman–Crippen MR) is 137 cm³/mol. The molecule has 0 bridgehead atoms. The van der Waals surface area contributed by atoms with Gasteiger partial charge in [0.25, 0.3) is 5.78 Å². The van der Waals surface area contributed by atoms with Crippen molar-refractivity contribution in [2.45, 2.75) is 59.0 Å². The van der Waals surface area contributed by atoms with Crippen LogP contribution in [0, 0.1) is 0 Å². The van der Waals surface area contributed by atoms with E-state index in [1.807, 2.05) is 31.2 Å². The Morgan fingerprint density at radius 1 is 0.972 bits per heavy atom. The summed E-state index contributed by atoms with van der Waals surface area (Å²) in [4.78, 5) is 51.7. The second-order valence-electron chi connectivity index (χ2n) is 9.45. The van der Waals surface area contributed by atoms with E-state index in [-0.39, 0.29) is 17.9 Å². The van der Waals surface area contributed by atoms with Gasteiger partial charge in [-0.3, -0.25) is 24.3 Å². The van der Waals surface area contributed by atoms with Crippen molar-refractivity contribution in [1.29, 1.82) is 0 Å². The second-order valence-corrected chi connectivity index (χ2v) is 9.45. The van der Waals surface area contributed by atoms with Crippen LogP contribution in [0.4, 0.5) is 10.5 Å². The number of fused-ring (bicyclic) bond motifs is 1. The fourth-order valence-electron chi connectivity index (χ4n) is 3.87. The molecule has 36 heavy (non-hydrogen) atoms. The van der Waals surface area contributed by atoms with E-state index in [2.05, 4.69) is 5.32 Å². The van der Waals surface area contributed by atoms with Crippen molar-refractivity contribution < 1.29 is 28.7 Å². The zero-order valence-electron chi connectivity index (χ0n) is 21.3. The molecule has 0 aliphatic rings. The van der Waals surface area contributed by atoms with Gasteiger partial charge in [0.1, 0.15) is 5.60 Å². The maximum absolute atomic E-state index is 13.5. The number of nitrogens with zero attached hydrogens (tertiary/aromatic N) is 1. The van der Waals surface area contributed by atoms with Crippen molar-refractivity contribution in [3.05, 3.63) is 66.0 Å². The van der Waals surface area contributed by atoms with Crippen LogP contribution in [0.15, 0.2) is 54.9 Å². The van der Waals surface area contributed by atoms with Crippen molar-refractivity contribution in [3.8, 4) is 0 Å². The van der Waals surface area contributed by atoms with Crippen LogP contribution in [0.3, 0.4) is 0 Å². The van der Waals surface area contributed by atoms with Gasteiger partial charge < -0.3 is 9.47 Å². The summed E-state index contributed by atoms with van der Waals surface area (Å²) >= 11 is 0. The third kappa shape index (κ3) is 6.38. The number of carbonyl (C=O) groups is 4. The Morgan fingerprint density at radius 3 is 2.17 bits per heavy atom. The first-order valence-electron chi connectivity index (χ1n) is 12.0. The number of rotatable bonds is 8. The van der Waals surface area contributed by atoms with Gasteiger partial charge in [0.2, 0.25) is 0 Å². The monoisotopic (exact) mass is 492 g/mol. The summed E-state index contributed by atoms with van der Waals surface area (Å²) < 4.78 is 11.8. The van der Waals surface area contributed by atoms with Gasteiger partial charge in [-0.2, -0.15) is 0 Å². The molecule has 0 saturated heterocycles. The number of carbonyl (C=O) groups excluding carboxylic acids is 4. The molecule has 1 aromatic heterocycles. The Bertz CT molecular complexity index is 1250. The van der Waals surface area contributed by atoms with E-state index in [1.165, 1.54) is 16.7 Å². The van der Waals surface area contributed by atoms with Crippen LogP contribution in [0.1, 0.15) is 74.1 Å². The van der Waals surface area contributed by atoms with E-state index >= 15 is 0 Å². The minimum Gasteiger partial charge on any atom is -0.466 e. The molecule has 0 saturated carbocycles. The largest absolute Gasteiger partial charge is 0.466 e. The first-order valence-corrected chi connectivity index (χ1v) is 12.0. The minimum absolute atomic E-state index is 0.0356. The maximum atomic E-state index is 13.5. The van der Waals surface area contributed by atoms with E-state index < -0.39 is 35.3 Å². The highest BCUT2D eigenvalue weighted by Crippen LogP contribution is 2.29. The van der Waals surface area contributed by atoms with Crippen molar-refractivity contribution in [3.63, 3.8) is 0 Å². The number of ether oxygens (including phenoxy) is 2. The van der Waals surface area contributed by atoms with Gasteiger partial charge in [-0.25, -0.2) is 4.79 Å². The van der Waals surface area contributed by atoms with Gasteiger partial charge in [-0.15, -0.1) is 0 Å². The zero-order valence-corrected chi connectivity index (χ0v) is 21.3. The van der Waals surface area contributed by atoms with E-state index in [0.717, 1.165) is 10.8 Å². The van der Waals surface area contributed by atoms with Crippen molar-refractivity contribution >= 4 is 40.2 Å². The third-order valence-electron chi connectivity index (χ3n) is 5.46. The maximum Gasteiger partial charge on any atom is 0.412 e. The number of amides is 1. The van der Waals surface area contributed by atoms with Crippen LogP contribution in [-0.2, 0) is 14.3 Å². The SMILES string of the molecule is CCCC(C(=O)OCC)c1ccc(NC(=O)OC(C)(C)C)c(C(=O)C(=O)n2cc3ccccc3c2)c1. The highest BCUT2D eigenvalue weighted by Gasteiger charge is 2.28. The first kappa shape index (κ1) is 26.7. The number of hydrogen-bond donors (Lipinski definition) is 1. The average molecular weight is 493 g/mol. The van der Waals surface area contributed by atoms with Crippen molar-refractivity contribution in [2.75, 3.05) is 11.9 Å². The molecule has 3 aromatic rings. The van der Waals surface area contributed by atoms with E-state index in [9.17, 15) is 19.2 Å². The second kappa shape index (κ2) is 11.2. The van der Waals surface area contributed by atoms with Gasteiger partial charge in [0.15, 0.2) is 0 Å². The Labute approximate surface area is 210 Å². The molecule has 3 rings (SSSR count). The Kier molecular flexibility index (Phi) is 8.29. The molecule has 0 radical (unpaired) electrons. The lowest BCUT2D eigenvalue weighted by Gasteiger charge is -2.21. The fourth-order valence-corrected chi connectivity index (χ4v) is 3.87. The summed E-state index contributed by atoms with van der Waals surface area (Å²) in [5.74, 6) is -2.64. The van der Waals surface area contributed by atoms with Crippen LogP contribution in [0.25, 0.3) is 10.8 Å². The van der Waals surface area contributed by atoms with Crippen LogP contribution >= 0.6 is 0 Å². The van der Waals surface area contributed by atoms with Crippen LogP contribution in [-0.4, -0.2) is 40.5 Å². The zero-order chi connectivity index (χ0) is 26.5. The van der Waals surface area contributed by atoms with Gasteiger partial charge in [-0.1, -0.05) is 43.7 Å². The predicted octanol–water partition coefficient (Wildman–Crippen LogP) is 5.96. The standard InChI is InChI=1S/C28H32N2O6/c1-6-10-21(26(33)35-7-2)18-13-14-23(29-27(34)36-28(3,4)5)22(15-18)24(31)25(32)30-16-19-11-8-9-12-20(19)17-30/h8-9,11-17,21H,6-7,10H2,1-5H3,(H,29,34). The molecule has 8 nitrogen and oxygen atoms in total. The highest BCUT2D eigenvalue weighted by molar-refractivity contribution is 6.45. The van der Waals surface area contributed by atoms with Gasteiger partial charge in [0.05, 0.1) is 23.8 Å². The van der Waals surface area contributed by atoms with Crippen molar-refractivity contribution in [1.82, 2.24) is 4.57 Å². The molecule has 8 heteroatoms. The molecule has 1 amide bonds. The number of esters is 1. The van der Waals surface area contributed by atoms with E-state index in [0.29, 0.717) is 18.4 Å². The molecule has 1 unspecified atom stereocenters. The molecule has 1 N–H and O–H groups in total. The molecular weight excluding hydrogens is 460 g/mol. The highest BCUT2D eigenvalue weighted by atomic mass is 16.6. The molecule has 190 valence electrons. The summed E-state index contributed by atoms with van der Waals surface area (Å²) in [6.07, 6.45) is 3.61. The summed E-state index contributed by atoms with van der Waals surface area (Å²) in [6.45, 7) is 9.05. The first-order chi connectivity index (χ1) is 17.0. The summed E-state index contributed by atoms with van der Waals surface area (Å²) in [5, 5.41) is 4.19. The molecular formula is C28H32N2O6. The Hall–Kier alpha value is -3.94. The number of benzene rings is 2. The van der Waals surface area contributed by atoms with Gasteiger partial charge in [0, 0.05) is 12.4 Å². The molecule has 1 atom stereocenters. The molecule has 0 fully saturated rings. The number of aromatic nitrogens is 1. The average Bonchev–Trinajstić information content (AvgIpc) is 3.25. The molecule has 0 spiro atoms. The number of anilines is 1. The Balaban J connectivity index is 2.03. The number of nitrogens with one attached hydrogen (secondary N) is 1. The summed E-state index contributed by atoms with van der Waals surface area (Å²) in [7, 11) is 0. The molecule has 0 aliphatic heterocycles. The van der Waals surface area contributed by atoms with Crippen LogP contribution in [0.5, 0.6) is 0 Å². The van der Waals surface area contributed by atoms with Crippen molar-refractivity contribution in [2.24, 2.45) is 0 Å². The lowest BCUT2D eigenvalue weighted by atomic mass is 9.91. The lowest BCUT2D eigenvalue weighted by Crippen LogP contribution is -2.29. The van der Waals surface area contributed by atoms with Gasteiger partial charge in [-0.05, 0) is 62.6 Å². The molecule has 1 heterocycles. The quantitative estimate of drug-likeness (QED) is 0.236. The summed E-state index contributed by atoms with van der Waals surface area (Å²) in [5.41, 5.74) is -0.154. The normalized spacial score (nSPS) is 12.1. The molecule has 2 aromatic carbocycles. The minimum atomic E-state index is -0.831. The van der Waals surface area contributed by atoms with Gasteiger partial charge >= 0.3 is 18.0 Å². The number of Topliss-reactive ketones (excluding diaryl/α,β-unsaturated/α-hetero) is 1. The number of hydrogen-bond acceptors (Lipinski definition) is 6. The molecule has 0 aliphatic carbocycles.